The van der Waals surface area contributed by atoms with Crippen molar-refractivity contribution < 1.29 is 24.7 Å². The number of hydrogen-bond donors (Lipinski definition) is 4. The summed E-state index contributed by atoms with van der Waals surface area (Å²) in [6.07, 6.45) is 0. The molecule has 3 aromatic carbocycles. The third kappa shape index (κ3) is 3.69. The summed E-state index contributed by atoms with van der Waals surface area (Å²) in [4.78, 5) is 21.4. The van der Waals surface area contributed by atoms with E-state index in [0.717, 1.165) is 18.2 Å². The van der Waals surface area contributed by atoms with E-state index in [1.807, 2.05) is 0 Å². The van der Waals surface area contributed by atoms with Crippen molar-refractivity contribution in [3.63, 3.8) is 0 Å². The first kappa shape index (κ1) is 19.4. The predicted molar refractivity (Wildman–Crippen MR) is 108 cm³/mol. The van der Waals surface area contributed by atoms with E-state index >= 15 is 0 Å². The lowest BCUT2D eigenvalue weighted by molar-refractivity contribution is -0.384. The Morgan fingerprint density at radius 2 is 1.61 bits per heavy atom. The number of nitrogens with one attached hydrogen (secondary N) is 2. The average molecular weight is 424 g/mol. The number of phenols is 2. The molecule has 31 heavy (non-hydrogen) atoms. The van der Waals surface area contributed by atoms with E-state index in [0.29, 0.717) is 5.69 Å². The van der Waals surface area contributed by atoms with E-state index in [1.54, 1.807) is 12.1 Å². The SMILES string of the molecule is O=[N+]([O-])c1ccc(O)c(Nc2cc(Nc3cccc(O)c3)c3nonc3c2[N+](=O)[O-])c1. The molecule has 4 aromatic rings. The monoisotopic (exact) mass is 424 g/mol. The van der Waals surface area contributed by atoms with Crippen LogP contribution in [0.2, 0.25) is 0 Å². The van der Waals surface area contributed by atoms with Crippen molar-refractivity contribution in [1.82, 2.24) is 10.3 Å². The van der Waals surface area contributed by atoms with Crippen LogP contribution in [0.1, 0.15) is 0 Å². The lowest BCUT2D eigenvalue weighted by atomic mass is 10.1. The average Bonchev–Trinajstić information content (AvgIpc) is 3.19. The molecule has 4 rings (SSSR count). The number of nitrogens with zero attached hydrogens (tertiary/aromatic N) is 4. The number of benzene rings is 3. The number of nitro groups is 2. The van der Waals surface area contributed by atoms with Gasteiger partial charge in [0.1, 0.15) is 17.2 Å². The Kier molecular flexibility index (Phi) is 4.67. The first-order valence-corrected chi connectivity index (χ1v) is 8.57. The molecule has 0 unspecified atom stereocenters. The molecule has 1 aromatic heterocycles. The van der Waals surface area contributed by atoms with E-state index in [2.05, 4.69) is 25.6 Å². The van der Waals surface area contributed by atoms with Gasteiger partial charge in [-0.25, -0.2) is 4.63 Å². The van der Waals surface area contributed by atoms with Gasteiger partial charge < -0.3 is 20.8 Å². The minimum absolute atomic E-state index is 0.0127. The van der Waals surface area contributed by atoms with E-state index in [4.69, 9.17) is 0 Å². The zero-order chi connectivity index (χ0) is 22.1. The lowest BCUT2D eigenvalue weighted by Crippen LogP contribution is -2.01. The van der Waals surface area contributed by atoms with Gasteiger partial charge in [0.15, 0.2) is 5.52 Å². The summed E-state index contributed by atoms with van der Waals surface area (Å²) in [6, 6.07) is 10.6. The fourth-order valence-corrected chi connectivity index (χ4v) is 2.93. The number of aromatic nitrogens is 2. The number of rotatable bonds is 6. The number of fused-ring (bicyclic) bond motifs is 1. The highest BCUT2D eigenvalue weighted by Crippen LogP contribution is 2.41. The Hall–Kier alpha value is -4.94. The Morgan fingerprint density at radius 1 is 0.839 bits per heavy atom. The molecule has 0 radical (unpaired) electrons. The molecule has 0 saturated heterocycles. The number of nitro benzene ring substituents is 2. The number of hydrogen-bond acceptors (Lipinski definition) is 11. The number of anilines is 4. The van der Waals surface area contributed by atoms with Crippen molar-refractivity contribution in [1.29, 1.82) is 0 Å². The molecule has 156 valence electrons. The zero-order valence-corrected chi connectivity index (χ0v) is 15.3. The van der Waals surface area contributed by atoms with E-state index < -0.39 is 15.5 Å². The Morgan fingerprint density at radius 3 is 2.32 bits per heavy atom. The summed E-state index contributed by atoms with van der Waals surface area (Å²) in [5, 5.41) is 55.4. The lowest BCUT2D eigenvalue weighted by Gasteiger charge is -2.12. The van der Waals surface area contributed by atoms with Crippen molar-refractivity contribution in [2.75, 3.05) is 10.6 Å². The van der Waals surface area contributed by atoms with Crippen LogP contribution in [-0.4, -0.2) is 30.4 Å². The fourth-order valence-electron chi connectivity index (χ4n) is 2.93. The molecule has 0 amide bonds. The second kappa shape index (κ2) is 7.47. The molecule has 4 N–H and O–H groups in total. The van der Waals surface area contributed by atoms with Crippen molar-refractivity contribution >= 4 is 45.2 Å². The van der Waals surface area contributed by atoms with Gasteiger partial charge in [0, 0.05) is 23.9 Å². The van der Waals surface area contributed by atoms with Crippen LogP contribution in [0.4, 0.5) is 34.1 Å². The quantitative estimate of drug-likeness (QED) is 0.199. The summed E-state index contributed by atoms with van der Waals surface area (Å²) in [6.45, 7) is 0. The van der Waals surface area contributed by atoms with Gasteiger partial charge in [0.2, 0.25) is 5.52 Å². The summed E-state index contributed by atoms with van der Waals surface area (Å²) < 4.78 is 4.68. The molecule has 0 bridgehead atoms. The summed E-state index contributed by atoms with van der Waals surface area (Å²) in [5.41, 5.74) is -0.564. The van der Waals surface area contributed by atoms with Crippen LogP contribution >= 0.6 is 0 Å². The fraction of sp³-hybridized carbons (Fsp3) is 0. The van der Waals surface area contributed by atoms with Crippen LogP contribution in [0.3, 0.4) is 0 Å². The summed E-state index contributed by atoms with van der Waals surface area (Å²) >= 11 is 0. The molecule has 13 heteroatoms. The molecule has 1 heterocycles. The van der Waals surface area contributed by atoms with Gasteiger partial charge in [-0.15, -0.1) is 0 Å². The van der Waals surface area contributed by atoms with Crippen LogP contribution in [0.15, 0.2) is 53.2 Å². The zero-order valence-electron chi connectivity index (χ0n) is 15.3. The highest BCUT2D eigenvalue weighted by molar-refractivity contribution is 6.01. The maximum Gasteiger partial charge on any atom is 0.324 e. The normalized spacial score (nSPS) is 10.7. The maximum atomic E-state index is 11.7. The van der Waals surface area contributed by atoms with Crippen LogP contribution < -0.4 is 10.6 Å². The van der Waals surface area contributed by atoms with Gasteiger partial charge in [-0.3, -0.25) is 20.2 Å². The van der Waals surface area contributed by atoms with Crippen LogP contribution in [0.25, 0.3) is 11.0 Å². The van der Waals surface area contributed by atoms with Gasteiger partial charge in [0.25, 0.3) is 5.69 Å². The van der Waals surface area contributed by atoms with Crippen LogP contribution in [-0.2, 0) is 0 Å². The van der Waals surface area contributed by atoms with Crippen molar-refractivity contribution in [2.24, 2.45) is 0 Å². The van der Waals surface area contributed by atoms with E-state index in [-0.39, 0.29) is 45.3 Å². The summed E-state index contributed by atoms with van der Waals surface area (Å²) in [7, 11) is 0. The van der Waals surface area contributed by atoms with Crippen molar-refractivity contribution in [3.8, 4) is 11.5 Å². The maximum absolute atomic E-state index is 11.7. The summed E-state index contributed by atoms with van der Waals surface area (Å²) in [5.74, 6) is -0.373. The van der Waals surface area contributed by atoms with Crippen LogP contribution in [0, 0.1) is 20.2 Å². The number of phenolic OH excluding ortho intramolecular Hbond substituents is 2. The second-order valence-electron chi connectivity index (χ2n) is 6.30. The van der Waals surface area contributed by atoms with Crippen LogP contribution in [0.5, 0.6) is 11.5 Å². The van der Waals surface area contributed by atoms with Crippen molar-refractivity contribution in [2.45, 2.75) is 0 Å². The molecule has 0 aliphatic heterocycles. The Labute approximate surface area is 171 Å². The molecule has 0 aliphatic carbocycles. The third-order valence-electron chi connectivity index (χ3n) is 4.28. The van der Waals surface area contributed by atoms with Crippen molar-refractivity contribution in [3.05, 3.63) is 68.8 Å². The van der Waals surface area contributed by atoms with E-state index in [9.17, 15) is 30.4 Å². The Bertz CT molecular complexity index is 1340. The van der Waals surface area contributed by atoms with Gasteiger partial charge in [-0.2, -0.15) is 0 Å². The molecule has 0 atom stereocenters. The standard InChI is InChI=1S/C18H12N6O7/c25-11-3-1-2-9(6-11)19-13-8-14(18(24(29)30)17-16(13)21-31-22-17)20-12-7-10(23(27)28)4-5-15(12)26/h1-8,19-20,25-26H. The smallest absolute Gasteiger partial charge is 0.324 e. The first-order chi connectivity index (χ1) is 14.8. The van der Waals surface area contributed by atoms with Gasteiger partial charge in [-0.05, 0) is 34.6 Å². The minimum atomic E-state index is -0.721. The molecular weight excluding hydrogens is 412 g/mol. The molecule has 0 aliphatic rings. The van der Waals surface area contributed by atoms with Gasteiger partial charge in [0.05, 0.1) is 21.2 Å². The Balaban J connectivity index is 1.86. The minimum Gasteiger partial charge on any atom is -0.508 e. The van der Waals surface area contributed by atoms with E-state index in [1.165, 1.54) is 18.2 Å². The largest absolute Gasteiger partial charge is 0.508 e. The third-order valence-corrected chi connectivity index (χ3v) is 4.28. The predicted octanol–water partition coefficient (Wildman–Crippen LogP) is 3.94. The number of non-ortho nitro benzene ring substituents is 1. The molecule has 0 spiro atoms. The molecule has 0 saturated carbocycles. The topological polar surface area (TPSA) is 190 Å². The molecule has 0 fully saturated rings. The highest BCUT2D eigenvalue weighted by atomic mass is 16.6. The highest BCUT2D eigenvalue weighted by Gasteiger charge is 2.27. The molecular formula is C18H12N6O7. The number of aromatic hydroxyl groups is 2. The molecule has 13 nitrogen and oxygen atoms in total. The van der Waals surface area contributed by atoms with Gasteiger partial charge in [-0.1, -0.05) is 6.07 Å². The first-order valence-electron chi connectivity index (χ1n) is 8.57. The second-order valence-corrected chi connectivity index (χ2v) is 6.30. The van der Waals surface area contributed by atoms with Gasteiger partial charge >= 0.3 is 5.69 Å².